The van der Waals surface area contributed by atoms with E-state index < -0.39 is 0 Å². The summed E-state index contributed by atoms with van der Waals surface area (Å²) in [6.45, 7) is 4.11. The molecule has 8 nitrogen and oxygen atoms in total. The van der Waals surface area contributed by atoms with E-state index in [-0.39, 0.29) is 36.4 Å². The van der Waals surface area contributed by atoms with Crippen molar-refractivity contribution in [3.63, 3.8) is 0 Å². The third-order valence-electron chi connectivity index (χ3n) is 7.52. The number of hydrogen-bond donors (Lipinski definition) is 1. The Hall–Kier alpha value is -1.61. The number of hydrogen-bond acceptors (Lipinski definition) is 7. The number of carbonyl (C=O) groups excluding carboxylic acids is 2. The van der Waals surface area contributed by atoms with E-state index in [1.807, 2.05) is 11.8 Å². The number of nitrogens with zero attached hydrogens (tertiary/aromatic N) is 4. The quantitative estimate of drug-likeness (QED) is 0.771. The average Bonchev–Trinajstić information content (AvgIpc) is 3.18. The van der Waals surface area contributed by atoms with Crippen LogP contribution in [0.1, 0.15) is 49.9 Å². The Morgan fingerprint density at radius 3 is 2.77 bits per heavy atom. The molecule has 164 valence electrons. The van der Waals surface area contributed by atoms with Gasteiger partial charge in [-0.2, -0.15) is 11.8 Å². The third-order valence-corrected chi connectivity index (χ3v) is 8.57. The van der Waals surface area contributed by atoms with Crippen molar-refractivity contribution in [3.05, 3.63) is 11.4 Å². The molecule has 5 rings (SSSR count). The number of aryl methyl sites for hydroxylation is 1. The first kappa shape index (κ1) is 20.3. The van der Waals surface area contributed by atoms with E-state index in [9.17, 15) is 9.59 Å². The molecular formula is C21H31N5O3S. The molecule has 0 spiro atoms. The molecule has 0 aromatic carbocycles. The summed E-state index contributed by atoms with van der Waals surface area (Å²) in [7, 11) is 0. The lowest BCUT2D eigenvalue weighted by molar-refractivity contribution is -0.161. The van der Waals surface area contributed by atoms with E-state index in [0.29, 0.717) is 29.8 Å². The SMILES string of the molecule is Cc1nonc1CNC(=O)[C@H]1[C@@H]2C[C@@H](CN(C3CCSCC3)C2)[C@@H]2CCCC(=O)N21. The maximum atomic E-state index is 13.4. The van der Waals surface area contributed by atoms with Crippen LogP contribution in [0, 0.1) is 18.8 Å². The summed E-state index contributed by atoms with van der Waals surface area (Å²) in [5.41, 5.74) is 1.33. The molecule has 4 atom stereocenters. The Morgan fingerprint density at radius 2 is 2.00 bits per heavy atom. The van der Waals surface area contributed by atoms with Crippen molar-refractivity contribution in [1.29, 1.82) is 0 Å². The van der Waals surface area contributed by atoms with Gasteiger partial charge in [-0.25, -0.2) is 4.63 Å². The third kappa shape index (κ3) is 3.75. The van der Waals surface area contributed by atoms with Crippen LogP contribution in [-0.4, -0.2) is 74.6 Å². The Kier molecular flexibility index (Phi) is 5.75. The summed E-state index contributed by atoms with van der Waals surface area (Å²) < 4.78 is 4.75. The van der Waals surface area contributed by atoms with Crippen LogP contribution in [-0.2, 0) is 16.1 Å². The van der Waals surface area contributed by atoms with Gasteiger partial charge in [0.25, 0.3) is 0 Å². The van der Waals surface area contributed by atoms with Gasteiger partial charge in [-0.3, -0.25) is 14.5 Å². The maximum Gasteiger partial charge on any atom is 0.243 e. The van der Waals surface area contributed by atoms with E-state index in [2.05, 4.69) is 32.3 Å². The zero-order valence-electron chi connectivity index (χ0n) is 17.6. The fraction of sp³-hybridized carbons (Fsp3) is 0.810. The van der Waals surface area contributed by atoms with Gasteiger partial charge >= 0.3 is 0 Å². The summed E-state index contributed by atoms with van der Waals surface area (Å²) in [4.78, 5) is 30.9. The van der Waals surface area contributed by atoms with Crippen molar-refractivity contribution < 1.29 is 14.2 Å². The highest BCUT2D eigenvalue weighted by molar-refractivity contribution is 7.99. The largest absolute Gasteiger partial charge is 0.348 e. The number of piperidine rings is 3. The normalized spacial score (nSPS) is 32.7. The highest BCUT2D eigenvalue weighted by Crippen LogP contribution is 2.43. The average molecular weight is 434 g/mol. The predicted octanol–water partition coefficient (Wildman–Crippen LogP) is 1.59. The van der Waals surface area contributed by atoms with Crippen molar-refractivity contribution in [2.75, 3.05) is 24.6 Å². The number of rotatable bonds is 4. The maximum absolute atomic E-state index is 13.4. The molecule has 9 heteroatoms. The fourth-order valence-corrected chi connectivity index (χ4v) is 7.15. The van der Waals surface area contributed by atoms with Crippen LogP contribution in [0.15, 0.2) is 4.63 Å². The number of thioether (sulfide) groups is 1. The zero-order chi connectivity index (χ0) is 20.7. The number of carbonyl (C=O) groups is 2. The number of fused-ring (bicyclic) bond motifs is 4. The first-order valence-electron chi connectivity index (χ1n) is 11.3. The molecule has 2 bridgehead atoms. The fourth-order valence-electron chi connectivity index (χ4n) is 6.06. The molecule has 30 heavy (non-hydrogen) atoms. The van der Waals surface area contributed by atoms with E-state index in [1.165, 1.54) is 24.3 Å². The molecule has 5 heterocycles. The minimum absolute atomic E-state index is 0.0536. The molecule has 1 N–H and O–H groups in total. The smallest absolute Gasteiger partial charge is 0.243 e. The zero-order valence-corrected chi connectivity index (χ0v) is 18.4. The lowest BCUT2D eigenvalue weighted by atomic mass is 9.71. The van der Waals surface area contributed by atoms with Crippen LogP contribution in [0.5, 0.6) is 0 Å². The van der Waals surface area contributed by atoms with Gasteiger partial charge in [0, 0.05) is 37.5 Å². The second-order valence-electron chi connectivity index (χ2n) is 9.27. The van der Waals surface area contributed by atoms with Crippen LogP contribution in [0.2, 0.25) is 0 Å². The molecular weight excluding hydrogens is 402 g/mol. The van der Waals surface area contributed by atoms with Crippen molar-refractivity contribution in [3.8, 4) is 0 Å². The van der Waals surface area contributed by atoms with Gasteiger partial charge in [-0.1, -0.05) is 10.3 Å². The molecule has 0 unspecified atom stereocenters. The molecule has 4 saturated heterocycles. The molecule has 0 aliphatic carbocycles. The first-order chi connectivity index (χ1) is 14.6. The minimum Gasteiger partial charge on any atom is -0.348 e. The van der Waals surface area contributed by atoms with Gasteiger partial charge in [0.15, 0.2) is 0 Å². The molecule has 1 aromatic rings. The van der Waals surface area contributed by atoms with Gasteiger partial charge in [0.05, 0.1) is 6.54 Å². The Balaban J connectivity index is 1.36. The Bertz CT molecular complexity index is 795. The van der Waals surface area contributed by atoms with Crippen molar-refractivity contribution in [2.45, 2.75) is 70.1 Å². The second-order valence-corrected chi connectivity index (χ2v) is 10.5. The van der Waals surface area contributed by atoms with Gasteiger partial charge < -0.3 is 10.2 Å². The van der Waals surface area contributed by atoms with E-state index in [1.54, 1.807) is 0 Å². The Morgan fingerprint density at radius 1 is 1.20 bits per heavy atom. The van der Waals surface area contributed by atoms with E-state index >= 15 is 0 Å². The Labute approximate surface area is 181 Å². The van der Waals surface area contributed by atoms with Gasteiger partial charge in [-0.05, 0) is 56.5 Å². The predicted molar refractivity (Wildman–Crippen MR) is 113 cm³/mol. The van der Waals surface area contributed by atoms with Crippen molar-refractivity contribution >= 4 is 23.6 Å². The molecule has 4 aliphatic heterocycles. The summed E-state index contributed by atoms with van der Waals surface area (Å²) in [6, 6.07) is 0.462. The molecule has 2 amide bonds. The van der Waals surface area contributed by atoms with E-state index in [0.717, 1.165) is 32.4 Å². The van der Waals surface area contributed by atoms with Crippen molar-refractivity contribution in [1.82, 2.24) is 25.4 Å². The minimum atomic E-state index is -0.375. The molecule has 1 aromatic heterocycles. The molecule has 0 saturated carbocycles. The molecule has 0 radical (unpaired) electrons. The first-order valence-corrected chi connectivity index (χ1v) is 12.5. The number of aromatic nitrogens is 2. The second kappa shape index (κ2) is 8.49. The van der Waals surface area contributed by atoms with Crippen LogP contribution in [0.25, 0.3) is 0 Å². The van der Waals surface area contributed by atoms with Crippen LogP contribution >= 0.6 is 11.8 Å². The highest BCUT2D eigenvalue weighted by atomic mass is 32.2. The number of likely N-dealkylation sites (tertiary alicyclic amines) is 1. The summed E-state index contributed by atoms with van der Waals surface area (Å²) in [5.74, 6) is 3.27. The summed E-state index contributed by atoms with van der Waals surface area (Å²) in [5, 5.41) is 10.7. The van der Waals surface area contributed by atoms with Gasteiger partial charge in [-0.15, -0.1) is 0 Å². The summed E-state index contributed by atoms with van der Waals surface area (Å²) >= 11 is 2.05. The topological polar surface area (TPSA) is 91.6 Å². The van der Waals surface area contributed by atoms with Crippen LogP contribution < -0.4 is 5.32 Å². The lowest BCUT2D eigenvalue weighted by Crippen LogP contribution is -2.69. The standard InChI is InChI=1S/C21H31N5O3S/c1-13-17(24-29-23-13)10-22-21(28)20-15-9-14(18-3-2-4-19(27)26(18)20)11-25(12-15)16-5-7-30-8-6-16/h14-16,18,20H,2-12H2,1H3,(H,22,28)/t14-,15+,18-,20+/m0/s1. The van der Waals surface area contributed by atoms with E-state index in [4.69, 9.17) is 4.63 Å². The highest BCUT2D eigenvalue weighted by Gasteiger charge is 2.52. The van der Waals surface area contributed by atoms with Crippen LogP contribution in [0.3, 0.4) is 0 Å². The monoisotopic (exact) mass is 433 g/mol. The molecule has 4 aliphatic rings. The van der Waals surface area contributed by atoms with Gasteiger partial charge in [0.1, 0.15) is 17.4 Å². The summed E-state index contributed by atoms with van der Waals surface area (Å²) in [6.07, 6.45) is 6.07. The number of nitrogens with one attached hydrogen (secondary N) is 1. The van der Waals surface area contributed by atoms with Crippen molar-refractivity contribution in [2.24, 2.45) is 11.8 Å². The molecule has 4 fully saturated rings. The van der Waals surface area contributed by atoms with Gasteiger partial charge in [0.2, 0.25) is 11.8 Å². The lowest BCUT2D eigenvalue weighted by Gasteiger charge is -2.57. The number of amides is 2. The van der Waals surface area contributed by atoms with Crippen LogP contribution in [0.4, 0.5) is 0 Å².